The summed E-state index contributed by atoms with van der Waals surface area (Å²) in [7, 11) is -2.44. The molecule has 0 unspecified atom stereocenters. The van der Waals surface area contributed by atoms with E-state index in [4.69, 9.17) is 5.11 Å². The average molecular weight is 292 g/mol. The van der Waals surface area contributed by atoms with E-state index in [0.29, 0.717) is 0 Å². The van der Waals surface area contributed by atoms with E-state index in [1.54, 1.807) is 0 Å². The molecule has 1 rings (SSSR count). The molecule has 0 heterocycles. The minimum atomic E-state index is -3.86. The molecule has 7 nitrogen and oxygen atoms in total. The van der Waals surface area contributed by atoms with Gasteiger partial charge in [0.2, 0.25) is 0 Å². The lowest BCUT2D eigenvalue weighted by Gasteiger charge is -2.09. The van der Waals surface area contributed by atoms with Crippen LogP contribution in [0.5, 0.6) is 0 Å². The van der Waals surface area contributed by atoms with E-state index in [2.05, 4.69) is 14.2 Å². The van der Waals surface area contributed by atoms with E-state index in [0.717, 1.165) is 18.2 Å². The van der Waals surface area contributed by atoms with Gasteiger partial charge in [0.1, 0.15) is 5.82 Å². The fourth-order valence-electron chi connectivity index (χ4n) is 1.22. The maximum atomic E-state index is 13.1. The summed E-state index contributed by atoms with van der Waals surface area (Å²) in [6.07, 6.45) is 0. The predicted octanol–water partition coefficient (Wildman–Crippen LogP) is 0.417. The fraction of sp³-hybridized carbons (Fsp3) is 0.300. The quantitative estimate of drug-likeness (QED) is 0.632. The average Bonchev–Trinajstić information content (AvgIpc) is 2.31. The Bertz CT molecular complexity index is 561. The van der Waals surface area contributed by atoms with Crippen LogP contribution in [0.15, 0.2) is 18.2 Å². The third kappa shape index (κ3) is 4.81. The van der Waals surface area contributed by atoms with E-state index in [1.807, 2.05) is 0 Å². The lowest BCUT2D eigenvalue weighted by Crippen LogP contribution is -2.32. The number of aromatic carboxylic acids is 1. The molecule has 0 aromatic heterocycles. The van der Waals surface area contributed by atoms with Gasteiger partial charge in [-0.25, -0.2) is 9.18 Å². The normalized spacial score (nSPS) is 11.3. The molecular weight excluding hydrogens is 279 g/mol. The van der Waals surface area contributed by atoms with E-state index >= 15 is 0 Å². The zero-order chi connectivity index (χ0) is 14.5. The summed E-state index contributed by atoms with van der Waals surface area (Å²) in [5.41, 5.74) is -0.666. The minimum Gasteiger partial charge on any atom is -0.478 e. The van der Waals surface area contributed by atoms with Crippen molar-refractivity contribution in [2.24, 2.45) is 0 Å². The van der Waals surface area contributed by atoms with Gasteiger partial charge in [-0.15, -0.1) is 0 Å². The zero-order valence-corrected chi connectivity index (χ0v) is 10.8. The fourth-order valence-corrected chi connectivity index (χ4v) is 2.08. The van der Waals surface area contributed by atoms with E-state index in [9.17, 15) is 17.6 Å². The van der Waals surface area contributed by atoms with Crippen LogP contribution in [0.1, 0.15) is 10.4 Å². The SMILES string of the molecule is COCCNS(=O)(=O)Nc1ccc(F)c(C(=O)O)c1. The first-order valence-corrected chi connectivity index (χ1v) is 6.63. The standard InChI is InChI=1S/C10H13FN2O5S/c1-18-5-4-12-19(16,17)13-7-2-3-9(11)8(6-7)10(14)15/h2-3,6,12-13H,4-5H2,1H3,(H,14,15). The Morgan fingerprint density at radius 1 is 1.47 bits per heavy atom. The number of ether oxygens (including phenoxy) is 1. The zero-order valence-electron chi connectivity index (χ0n) is 10.0. The summed E-state index contributed by atoms with van der Waals surface area (Å²) in [4.78, 5) is 10.7. The monoisotopic (exact) mass is 292 g/mol. The second-order valence-corrected chi connectivity index (χ2v) is 4.99. The van der Waals surface area contributed by atoms with Crippen molar-refractivity contribution in [1.29, 1.82) is 0 Å². The molecule has 0 aliphatic rings. The third-order valence-electron chi connectivity index (χ3n) is 2.05. The van der Waals surface area contributed by atoms with Gasteiger partial charge in [-0.1, -0.05) is 0 Å². The molecule has 0 aliphatic carbocycles. The van der Waals surface area contributed by atoms with Crippen molar-refractivity contribution in [1.82, 2.24) is 4.72 Å². The van der Waals surface area contributed by atoms with Crippen molar-refractivity contribution >= 4 is 21.9 Å². The Labute approximate surface area is 109 Å². The highest BCUT2D eigenvalue weighted by atomic mass is 32.2. The number of hydrogen-bond acceptors (Lipinski definition) is 4. The molecule has 9 heteroatoms. The summed E-state index contributed by atoms with van der Waals surface area (Å²) in [5, 5.41) is 8.71. The molecule has 0 spiro atoms. The summed E-state index contributed by atoms with van der Waals surface area (Å²) in [6.45, 7) is 0.240. The molecule has 0 atom stereocenters. The van der Waals surface area contributed by atoms with Crippen molar-refractivity contribution in [3.63, 3.8) is 0 Å². The molecule has 3 N–H and O–H groups in total. The molecule has 0 bridgehead atoms. The van der Waals surface area contributed by atoms with Crippen molar-refractivity contribution in [2.75, 3.05) is 25.0 Å². The van der Waals surface area contributed by atoms with Gasteiger partial charge >= 0.3 is 5.97 Å². The highest BCUT2D eigenvalue weighted by Crippen LogP contribution is 2.15. The van der Waals surface area contributed by atoms with Gasteiger partial charge in [0, 0.05) is 13.7 Å². The number of rotatable bonds is 7. The molecule has 1 aromatic carbocycles. The van der Waals surface area contributed by atoms with Crippen LogP contribution in [-0.2, 0) is 14.9 Å². The minimum absolute atomic E-state index is 0.0521. The summed E-state index contributed by atoms with van der Waals surface area (Å²) in [6, 6.07) is 2.89. The van der Waals surface area contributed by atoms with E-state index < -0.39 is 27.6 Å². The van der Waals surface area contributed by atoms with Gasteiger partial charge in [-0.05, 0) is 18.2 Å². The highest BCUT2D eigenvalue weighted by Gasteiger charge is 2.14. The molecule has 106 valence electrons. The number of methoxy groups -OCH3 is 1. The van der Waals surface area contributed by atoms with E-state index in [-0.39, 0.29) is 18.8 Å². The number of halogens is 1. The molecule has 0 saturated carbocycles. The Hall–Kier alpha value is -1.71. The number of carbonyl (C=O) groups is 1. The maximum absolute atomic E-state index is 13.1. The Balaban J connectivity index is 2.82. The number of benzene rings is 1. The number of anilines is 1. The van der Waals surface area contributed by atoms with Crippen molar-refractivity contribution < 1.29 is 27.4 Å². The Morgan fingerprint density at radius 2 is 2.16 bits per heavy atom. The number of carboxylic acid groups (broad SMARTS) is 1. The number of nitrogens with one attached hydrogen (secondary N) is 2. The third-order valence-corrected chi connectivity index (χ3v) is 3.14. The molecule has 19 heavy (non-hydrogen) atoms. The molecule has 0 amide bonds. The summed E-state index contributed by atoms with van der Waals surface area (Å²) < 4.78 is 45.1. The summed E-state index contributed by atoms with van der Waals surface area (Å²) in [5.74, 6) is -2.42. The Morgan fingerprint density at radius 3 is 2.74 bits per heavy atom. The van der Waals surface area contributed by atoms with Crippen LogP contribution < -0.4 is 9.44 Å². The van der Waals surface area contributed by atoms with Crippen LogP contribution in [0.3, 0.4) is 0 Å². The predicted molar refractivity (Wildman–Crippen MR) is 65.8 cm³/mol. The van der Waals surface area contributed by atoms with E-state index in [1.165, 1.54) is 7.11 Å². The lowest BCUT2D eigenvalue weighted by molar-refractivity contribution is 0.0692. The second kappa shape index (κ2) is 6.45. The largest absolute Gasteiger partial charge is 0.478 e. The first-order valence-electron chi connectivity index (χ1n) is 5.15. The first kappa shape index (κ1) is 15.3. The molecule has 0 aliphatic heterocycles. The van der Waals surface area contributed by atoms with Crippen LogP contribution in [0.4, 0.5) is 10.1 Å². The van der Waals surface area contributed by atoms with Crippen LogP contribution in [0.2, 0.25) is 0 Å². The van der Waals surface area contributed by atoms with Gasteiger partial charge in [0.05, 0.1) is 17.9 Å². The Kier molecular flexibility index (Phi) is 5.21. The van der Waals surface area contributed by atoms with Crippen LogP contribution in [0, 0.1) is 5.82 Å². The van der Waals surface area contributed by atoms with Crippen molar-refractivity contribution in [3.05, 3.63) is 29.6 Å². The van der Waals surface area contributed by atoms with Crippen molar-refractivity contribution in [3.8, 4) is 0 Å². The molecule has 0 saturated heterocycles. The van der Waals surface area contributed by atoms with Gasteiger partial charge < -0.3 is 9.84 Å². The van der Waals surface area contributed by atoms with Crippen LogP contribution in [0.25, 0.3) is 0 Å². The van der Waals surface area contributed by atoms with Gasteiger partial charge in [-0.2, -0.15) is 13.1 Å². The van der Waals surface area contributed by atoms with Crippen LogP contribution in [-0.4, -0.2) is 39.8 Å². The second-order valence-electron chi connectivity index (χ2n) is 3.49. The topological polar surface area (TPSA) is 105 Å². The van der Waals surface area contributed by atoms with Gasteiger partial charge in [-0.3, -0.25) is 4.72 Å². The lowest BCUT2D eigenvalue weighted by atomic mass is 10.2. The van der Waals surface area contributed by atoms with Crippen molar-refractivity contribution in [2.45, 2.75) is 0 Å². The smallest absolute Gasteiger partial charge is 0.338 e. The van der Waals surface area contributed by atoms with Gasteiger partial charge in [0.25, 0.3) is 10.2 Å². The molecule has 1 aromatic rings. The molecular formula is C10H13FN2O5S. The number of carboxylic acids is 1. The molecule has 0 fully saturated rings. The highest BCUT2D eigenvalue weighted by molar-refractivity contribution is 7.90. The number of hydrogen-bond donors (Lipinski definition) is 3. The summed E-state index contributed by atoms with van der Waals surface area (Å²) >= 11 is 0. The van der Waals surface area contributed by atoms with Gasteiger partial charge in [0.15, 0.2) is 0 Å². The van der Waals surface area contributed by atoms with Crippen LogP contribution >= 0.6 is 0 Å². The maximum Gasteiger partial charge on any atom is 0.338 e. The first-order chi connectivity index (χ1) is 8.85. The molecule has 0 radical (unpaired) electrons.